The van der Waals surface area contributed by atoms with Gasteiger partial charge in [-0.2, -0.15) is 0 Å². The SMILES string of the molecule is C=C1c2ccccc2C(=O)N1CC(=O)NCCCN1CCC[C@H]1C(=O)N(C)C. The molecule has 7 nitrogen and oxygen atoms in total. The molecule has 3 amide bonds. The van der Waals surface area contributed by atoms with Gasteiger partial charge in [-0.1, -0.05) is 24.8 Å². The zero-order valence-corrected chi connectivity index (χ0v) is 16.6. The molecule has 0 spiro atoms. The van der Waals surface area contributed by atoms with Crippen molar-refractivity contribution in [2.75, 3.05) is 40.3 Å². The van der Waals surface area contributed by atoms with Crippen LogP contribution < -0.4 is 5.32 Å². The maximum absolute atomic E-state index is 12.4. The smallest absolute Gasteiger partial charge is 0.259 e. The van der Waals surface area contributed by atoms with Gasteiger partial charge in [-0.3, -0.25) is 24.2 Å². The van der Waals surface area contributed by atoms with E-state index in [-0.39, 0.29) is 30.3 Å². The van der Waals surface area contributed by atoms with Crippen molar-refractivity contribution in [2.45, 2.75) is 25.3 Å². The highest BCUT2D eigenvalue weighted by Gasteiger charge is 2.32. The van der Waals surface area contributed by atoms with Crippen LogP contribution in [0.5, 0.6) is 0 Å². The molecule has 1 aromatic rings. The molecule has 0 saturated carbocycles. The van der Waals surface area contributed by atoms with Gasteiger partial charge >= 0.3 is 0 Å². The van der Waals surface area contributed by atoms with Crippen LogP contribution in [0.2, 0.25) is 0 Å². The quantitative estimate of drug-likeness (QED) is 0.717. The molecule has 7 heteroatoms. The van der Waals surface area contributed by atoms with Gasteiger partial charge in [-0.25, -0.2) is 0 Å². The van der Waals surface area contributed by atoms with Gasteiger partial charge < -0.3 is 10.2 Å². The molecule has 1 N–H and O–H groups in total. The standard InChI is InChI=1S/C21H28N4O3/c1-15-16-8-4-5-9-17(16)20(27)25(15)14-19(26)22-11-7-13-24-12-6-10-18(24)21(28)23(2)3/h4-5,8-9,18H,1,6-7,10-14H2,2-3H3,(H,22,26)/t18-/m0/s1. The monoisotopic (exact) mass is 384 g/mol. The summed E-state index contributed by atoms with van der Waals surface area (Å²) in [6, 6.07) is 7.21. The fraction of sp³-hybridized carbons (Fsp3) is 0.476. The van der Waals surface area contributed by atoms with Crippen LogP contribution in [0.3, 0.4) is 0 Å². The lowest BCUT2D eigenvalue weighted by Gasteiger charge is -2.26. The Morgan fingerprint density at radius 2 is 1.96 bits per heavy atom. The first-order valence-corrected chi connectivity index (χ1v) is 9.72. The molecule has 0 unspecified atom stereocenters. The number of rotatable bonds is 7. The molecule has 1 aromatic carbocycles. The lowest BCUT2D eigenvalue weighted by atomic mass is 10.1. The van der Waals surface area contributed by atoms with Crippen LogP contribution >= 0.6 is 0 Å². The van der Waals surface area contributed by atoms with Gasteiger partial charge in [0, 0.05) is 44.0 Å². The molecule has 2 aliphatic heterocycles. The summed E-state index contributed by atoms with van der Waals surface area (Å²) >= 11 is 0. The van der Waals surface area contributed by atoms with E-state index in [1.54, 1.807) is 31.1 Å². The van der Waals surface area contributed by atoms with Crippen LogP contribution in [0.15, 0.2) is 30.8 Å². The van der Waals surface area contributed by atoms with Crippen molar-refractivity contribution in [1.82, 2.24) is 20.0 Å². The first-order chi connectivity index (χ1) is 13.4. The van der Waals surface area contributed by atoms with Gasteiger partial charge in [0.05, 0.1) is 6.04 Å². The third-order valence-corrected chi connectivity index (χ3v) is 5.37. The highest BCUT2D eigenvalue weighted by molar-refractivity contribution is 6.10. The second-order valence-corrected chi connectivity index (χ2v) is 7.51. The predicted octanol–water partition coefficient (Wildman–Crippen LogP) is 1.17. The topological polar surface area (TPSA) is 73.0 Å². The summed E-state index contributed by atoms with van der Waals surface area (Å²) in [4.78, 5) is 42.2. The maximum atomic E-state index is 12.4. The summed E-state index contributed by atoms with van der Waals surface area (Å²) in [5.41, 5.74) is 1.94. The van der Waals surface area contributed by atoms with E-state index in [2.05, 4.69) is 16.8 Å². The zero-order valence-electron chi connectivity index (χ0n) is 16.6. The summed E-state index contributed by atoms with van der Waals surface area (Å²) < 4.78 is 0. The van der Waals surface area contributed by atoms with E-state index < -0.39 is 0 Å². The molecule has 1 fully saturated rings. The zero-order chi connectivity index (χ0) is 20.3. The number of carbonyl (C=O) groups excluding carboxylic acids is 3. The van der Waals surface area contributed by atoms with Crippen molar-refractivity contribution in [3.8, 4) is 0 Å². The Morgan fingerprint density at radius 3 is 2.64 bits per heavy atom. The Morgan fingerprint density at radius 1 is 1.25 bits per heavy atom. The number of hydrogen-bond donors (Lipinski definition) is 1. The molecule has 0 radical (unpaired) electrons. The number of nitrogens with one attached hydrogen (secondary N) is 1. The fourth-order valence-corrected chi connectivity index (χ4v) is 3.88. The van der Waals surface area contributed by atoms with Crippen molar-refractivity contribution in [1.29, 1.82) is 0 Å². The van der Waals surface area contributed by atoms with Crippen molar-refractivity contribution in [2.24, 2.45) is 0 Å². The summed E-state index contributed by atoms with van der Waals surface area (Å²) in [6.45, 7) is 6.12. The third kappa shape index (κ3) is 4.09. The van der Waals surface area contributed by atoms with Crippen LogP contribution in [0.1, 0.15) is 35.2 Å². The molecule has 2 heterocycles. The minimum absolute atomic E-state index is 0.0300. The summed E-state index contributed by atoms with van der Waals surface area (Å²) in [6.07, 6.45) is 2.68. The minimum atomic E-state index is -0.204. The second kappa shape index (κ2) is 8.56. The number of amides is 3. The maximum Gasteiger partial charge on any atom is 0.259 e. The normalized spacial score (nSPS) is 19.1. The van der Waals surface area contributed by atoms with Gasteiger partial charge in [0.25, 0.3) is 5.91 Å². The minimum Gasteiger partial charge on any atom is -0.355 e. The van der Waals surface area contributed by atoms with Crippen LogP contribution in [0.25, 0.3) is 5.70 Å². The first kappa shape index (κ1) is 20.1. The number of benzene rings is 1. The number of nitrogens with zero attached hydrogens (tertiary/aromatic N) is 3. The van der Waals surface area contributed by atoms with E-state index >= 15 is 0 Å². The Bertz CT molecular complexity index is 755. The molecule has 1 saturated heterocycles. The molecule has 28 heavy (non-hydrogen) atoms. The van der Waals surface area contributed by atoms with Crippen molar-refractivity contribution < 1.29 is 14.4 Å². The van der Waals surface area contributed by atoms with E-state index in [1.165, 1.54) is 4.90 Å². The lowest BCUT2D eigenvalue weighted by molar-refractivity contribution is -0.133. The molecule has 150 valence electrons. The summed E-state index contributed by atoms with van der Waals surface area (Å²) in [5, 5.41) is 2.87. The fourth-order valence-electron chi connectivity index (χ4n) is 3.88. The van der Waals surface area contributed by atoms with Crippen LogP contribution in [0.4, 0.5) is 0 Å². The van der Waals surface area contributed by atoms with Crippen molar-refractivity contribution >= 4 is 23.4 Å². The number of carbonyl (C=O) groups is 3. The first-order valence-electron chi connectivity index (χ1n) is 9.72. The van der Waals surface area contributed by atoms with Gasteiger partial charge in [0.15, 0.2) is 0 Å². The lowest BCUT2D eigenvalue weighted by Crippen LogP contribution is -2.43. The average Bonchev–Trinajstić information content (AvgIpc) is 3.24. The molecule has 1 atom stereocenters. The van der Waals surface area contributed by atoms with Gasteiger partial charge in [0.1, 0.15) is 6.54 Å². The molecular weight excluding hydrogens is 356 g/mol. The molecule has 3 rings (SSSR count). The molecule has 2 aliphatic rings. The van der Waals surface area contributed by atoms with Crippen molar-refractivity contribution in [3.63, 3.8) is 0 Å². The van der Waals surface area contributed by atoms with Gasteiger partial charge in [0.2, 0.25) is 11.8 Å². The second-order valence-electron chi connectivity index (χ2n) is 7.51. The number of likely N-dealkylation sites (N-methyl/N-ethyl adjacent to an activating group) is 1. The van der Waals surface area contributed by atoms with Crippen molar-refractivity contribution in [3.05, 3.63) is 42.0 Å². The molecule has 0 aromatic heterocycles. The van der Waals surface area contributed by atoms with Gasteiger partial charge in [-0.15, -0.1) is 0 Å². The van der Waals surface area contributed by atoms with Crippen LogP contribution in [-0.4, -0.2) is 78.7 Å². The Labute approximate surface area is 166 Å². The van der Waals surface area contributed by atoms with E-state index in [0.29, 0.717) is 17.8 Å². The average molecular weight is 384 g/mol. The van der Waals surface area contributed by atoms with E-state index in [1.807, 2.05) is 12.1 Å². The third-order valence-electron chi connectivity index (χ3n) is 5.37. The van der Waals surface area contributed by atoms with Crippen LogP contribution in [0, 0.1) is 0 Å². The number of hydrogen-bond acceptors (Lipinski definition) is 4. The highest BCUT2D eigenvalue weighted by atomic mass is 16.2. The molecule has 0 bridgehead atoms. The largest absolute Gasteiger partial charge is 0.355 e. The molecule has 0 aliphatic carbocycles. The predicted molar refractivity (Wildman–Crippen MR) is 107 cm³/mol. The van der Waals surface area contributed by atoms with E-state index in [9.17, 15) is 14.4 Å². The Hall–Kier alpha value is -2.67. The van der Waals surface area contributed by atoms with Gasteiger partial charge in [-0.05, 0) is 31.9 Å². The molecular formula is C21H28N4O3. The van der Waals surface area contributed by atoms with Crippen LogP contribution in [-0.2, 0) is 9.59 Å². The number of likely N-dealkylation sites (tertiary alicyclic amines) is 1. The Kier molecular flexibility index (Phi) is 6.14. The number of fused-ring (bicyclic) bond motifs is 1. The Balaban J connectivity index is 1.43. The summed E-state index contributed by atoms with van der Waals surface area (Å²) in [5.74, 6) is -0.241. The summed E-state index contributed by atoms with van der Waals surface area (Å²) in [7, 11) is 3.57. The van der Waals surface area contributed by atoms with E-state index in [4.69, 9.17) is 0 Å². The van der Waals surface area contributed by atoms with E-state index in [0.717, 1.165) is 37.9 Å². The highest BCUT2D eigenvalue weighted by Crippen LogP contribution is 2.30.